The van der Waals surface area contributed by atoms with Gasteiger partial charge in [-0.05, 0) is 0 Å². The van der Waals surface area contributed by atoms with Crippen LogP contribution in [0.4, 0.5) is 0 Å². The molecule has 5 heteroatoms. The highest BCUT2D eigenvalue weighted by Gasteiger charge is 2.76. The van der Waals surface area contributed by atoms with Crippen LogP contribution in [0.5, 0.6) is 0 Å². The molecule has 2 nitrogen and oxygen atoms in total. The number of halogens is 3. The second-order valence-corrected chi connectivity index (χ2v) is 4.92. The first kappa shape index (κ1) is 11.2. The molecule has 0 bridgehead atoms. The third-order valence-corrected chi connectivity index (χ3v) is 4.21. The molecule has 0 amide bonds. The Balaban J connectivity index is 3.02. The first-order chi connectivity index (χ1) is 5.80. The van der Waals surface area contributed by atoms with Crippen LogP contribution < -0.4 is 0 Å². The normalized spacial score (nSPS) is 37.3. The molecular formula is C8H9Cl3O2. The van der Waals surface area contributed by atoms with Crippen LogP contribution in [0.3, 0.4) is 0 Å². The van der Waals surface area contributed by atoms with Crippen molar-refractivity contribution in [2.45, 2.75) is 18.7 Å². The zero-order chi connectivity index (χ0) is 10.4. The predicted molar refractivity (Wildman–Crippen MR) is 53.3 cm³/mol. The van der Waals surface area contributed by atoms with Crippen LogP contribution in [0.15, 0.2) is 10.6 Å². The van der Waals surface area contributed by atoms with E-state index in [0.717, 1.165) is 0 Å². The number of alkyl halides is 1. The number of hydrogen-bond acceptors (Lipinski definition) is 1. The first-order valence-electron chi connectivity index (χ1n) is 3.68. The summed E-state index contributed by atoms with van der Waals surface area (Å²) in [6, 6.07) is 0. The Labute approximate surface area is 91.5 Å². The summed E-state index contributed by atoms with van der Waals surface area (Å²) in [7, 11) is 0. The molecule has 2 atom stereocenters. The van der Waals surface area contributed by atoms with Crippen molar-refractivity contribution in [3.63, 3.8) is 0 Å². The molecule has 0 aromatic rings. The van der Waals surface area contributed by atoms with Gasteiger partial charge in [0, 0.05) is 21.9 Å². The van der Waals surface area contributed by atoms with E-state index in [4.69, 9.17) is 39.9 Å². The van der Waals surface area contributed by atoms with E-state index < -0.39 is 22.2 Å². The lowest BCUT2D eigenvalue weighted by atomic mass is 10.1. The van der Waals surface area contributed by atoms with E-state index >= 15 is 0 Å². The van der Waals surface area contributed by atoms with Crippen molar-refractivity contribution >= 4 is 40.8 Å². The standard InChI is InChI=1S/C8H9Cl3O2/c1-7(2)5(4(10)3-9)8(7,11)6(12)13/h3,5H,1-2H3,(H,12,13)/b4-3-. The van der Waals surface area contributed by atoms with Gasteiger partial charge in [0.05, 0.1) is 0 Å². The molecule has 0 spiro atoms. The van der Waals surface area contributed by atoms with Crippen LogP contribution in [-0.2, 0) is 4.79 Å². The van der Waals surface area contributed by atoms with E-state index in [0.29, 0.717) is 5.03 Å². The first-order valence-corrected chi connectivity index (χ1v) is 4.87. The van der Waals surface area contributed by atoms with E-state index in [-0.39, 0.29) is 0 Å². The van der Waals surface area contributed by atoms with Crippen molar-refractivity contribution in [2.75, 3.05) is 0 Å². The Morgan fingerprint density at radius 3 is 2.23 bits per heavy atom. The quantitative estimate of drug-likeness (QED) is 0.757. The summed E-state index contributed by atoms with van der Waals surface area (Å²) >= 11 is 17.1. The van der Waals surface area contributed by atoms with Crippen LogP contribution in [-0.4, -0.2) is 16.0 Å². The van der Waals surface area contributed by atoms with Gasteiger partial charge in [-0.25, -0.2) is 0 Å². The number of hydrogen-bond donors (Lipinski definition) is 1. The molecule has 1 aliphatic carbocycles. The van der Waals surface area contributed by atoms with Gasteiger partial charge < -0.3 is 5.11 Å². The Kier molecular flexibility index (Phi) is 2.61. The van der Waals surface area contributed by atoms with Crippen LogP contribution in [0.1, 0.15) is 13.8 Å². The number of aliphatic carboxylic acids is 1. The molecule has 2 unspecified atom stereocenters. The largest absolute Gasteiger partial charge is 0.480 e. The van der Waals surface area contributed by atoms with Gasteiger partial charge in [0.15, 0.2) is 4.87 Å². The van der Waals surface area contributed by atoms with Gasteiger partial charge in [0.2, 0.25) is 0 Å². The number of rotatable bonds is 2. The minimum absolute atomic E-state index is 0.295. The summed E-state index contributed by atoms with van der Waals surface area (Å²) in [4.78, 5) is 9.56. The molecule has 1 saturated carbocycles. The summed E-state index contributed by atoms with van der Waals surface area (Å²) in [6.45, 7) is 3.50. The lowest BCUT2D eigenvalue weighted by Gasteiger charge is -2.03. The topological polar surface area (TPSA) is 37.3 Å². The van der Waals surface area contributed by atoms with Crippen molar-refractivity contribution in [1.82, 2.24) is 0 Å². The molecule has 0 aromatic carbocycles. The van der Waals surface area contributed by atoms with E-state index in [1.807, 2.05) is 0 Å². The average Bonchev–Trinajstić information content (AvgIpc) is 2.47. The molecule has 1 N–H and O–H groups in total. The molecule has 0 aliphatic heterocycles. The maximum absolute atomic E-state index is 10.9. The highest BCUT2D eigenvalue weighted by Crippen LogP contribution is 2.69. The van der Waals surface area contributed by atoms with Crippen LogP contribution in [0.2, 0.25) is 0 Å². The number of allylic oxidation sites excluding steroid dienone is 1. The summed E-state index contributed by atoms with van der Waals surface area (Å²) in [5, 5.41) is 9.20. The Morgan fingerprint density at radius 2 is 2.00 bits per heavy atom. The molecule has 0 aromatic heterocycles. The SMILES string of the molecule is CC1(C)C(/C(Cl)=C/Cl)C1(Cl)C(=O)O. The van der Waals surface area contributed by atoms with Gasteiger partial charge in [-0.3, -0.25) is 4.79 Å². The van der Waals surface area contributed by atoms with Gasteiger partial charge in [0.1, 0.15) is 0 Å². The Hall–Kier alpha value is 0.0800. The van der Waals surface area contributed by atoms with Crippen LogP contribution in [0.25, 0.3) is 0 Å². The smallest absolute Gasteiger partial charge is 0.326 e. The lowest BCUT2D eigenvalue weighted by molar-refractivity contribution is -0.138. The molecule has 74 valence electrons. The maximum Gasteiger partial charge on any atom is 0.326 e. The van der Waals surface area contributed by atoms with Gasteiger partial charge in [0.25, 0.3) is 0 Å². The van der Waals surface area contributed by atoms with Crippen LogP contribution in [0, 0.1) is 11.3 Å². The molecule has 1 fully saturated rings. The van der Waals surface area contributed by atoms with Crippen molar-refractivity contribution in [3.05, 3.63) is 10.6 Å². The van der Waals surface area contributed by atoms with E-state index in [9.17, 15) is 4.79 Å². The summed E-state index contributed by atoms with van der Waals surface area (Å²) < 4.78 is 0. The van der Waals surface area contributed by atoms with E-state index in [1.54, 1.807) is 13.8 Å². The monoisotopic (exact) mass is 242 g/mol. The van der Waals surface area contributed by atoms with Crippen molar-refractivity contribution < 1.29 is 9.90 Å². The second kappa shape index (κ2) is 3.04. The average molecular weight is 244 g/mol. The van der Waals surface area contributed by atoms with Gasteiger partial charge in [-0.1, -0.05) is 37.0 Å². The van der Waals surface area contributed by atoms with Gasteiger partial charge in [-0.2, -0.15) is 0 Å². The van der Waals surface area contributed by atoms with E-state index in [1.165, 1.54) is 5.54 Å². The summed E-state index contributed by atoms with van der Waals surface area (Å²) in [6.07, 6.45) is 0. The Morgan fingerprint density at radius 1 is 1.54 bits per heavy atom. The summed E-state index contributed by atoms with van der Waals surface area (Å²) in [5.41, 5.74) is 0.615. The van der Waals surface area contributed by atoms with Gasteiger partial charge >= 0.3 is 5.97 Å². The molecule has 0 heterocycles. The fraction of sp³-hybridized carbons (Fsp3) is 0.625. The zero-order valence-corrected chi connectivity index (χ0v) is 9.41. The van der Waals surface area contributed by atoms with Crippen molar-refractivity contribution in [2.24, 2.45) is 11.3 Å². The third-order valence-electron chi connectivity index (χ3n) is 2.67. The van der Waals surface area contributed by atoms with Crippen LogP contribution >= 0.6 is 34.8 Å². The highest BCUT2D eigenvalue weighted by atomic mass is 35.5. The zero-order valence-electron chi connectivity index (χ0n) is 7.14. The Bertz CT molecular complexity index is 285. The minimum Gasteiger partial charge on any atom is -0.480 e. The number of carboxylic acid groups (broad SMARTS) is 1. The second-order valence-electron chi connectivity index (χ2n) is 3.67. The lowest BCUT2D eigenvalue weighted by Crippen LogP contribution is -2.21. The molecular weight excluding hydrogens is 234 g/mol. The maximum atomic E-state index is 10.9. The third kappa shape index (κ3) is 1.27. The highest BCUT2D eigenvalue weighted by molar-refractivity contribution is 6.42. The van der Waals surface area contributed by atoms with E-state index in [2.05, 4.69) is 0 Å². The number of carboxylic acids is 1. The van der Waals surface area contributed by atoms with Crippen molar-refractivity contribution in [3.8, 4) is 0 Å². The molecule has 0 saturated heterocycles. The minimum atomic E-state index is -1.31. The molecule has 1 rings (SSSR count). The molecule has 13 heavy (non-hydrogen) atoms. The fourth-order valence-electron chi connectivity index (χ4n) is 1.71. The van der Waals surface area contributed by atoms with Crippen molar-refractivity contribution in [1.29, 1.82) is 0 Å². The number of carbonyl (C=O) groups is 1. The summed E-state index contributed by atoms with van der Waals surface area (Å²) in [5.74, 6) is -1.46. The fourth-order valence-corrected chi connectivity index (χ4v) is 2.77. The molecule has 0 radical (unpaired) electrons. The predicted octanol–water partition coefficient (Wildman–Crippen LogP) is 3.02. The molecule has 1 aliphatic rings. The van der Waals surface area contributed by atoms with Gasteiger partial charge in [-0.15, -0.1) is 11.6 Å².